The molecule has 0 aromatic heterocycles. The fourth-order valence-corrected chi connectivity index (χ4v) is 1.91. The highest BCUT2D eigenvalue weighted by atomic mass is 16.6. The van der Waals surface area contributed by atoms with E-state index in [1.54, 1.807) is 12.1 Å². The van der Waals surface area contributed by atoms with Gasteiger partial charge in [-0.15, -0.1) is 0 Å². The lowest BCUT2D eigenvalue weighted by Crippen LogP contribution is -2.32. The molecule has 1 amide bonds. The lowest BCUT2D eigenvalue weighted by molar-refractivity contribution is -0.138. The Kier molecular flexibility index (Phi) is 11.3. The minimum atomic E-state index is -1.02. The van der Waals surface area contributed by atoms with Crippen molar-refractivity contribution in [1.29, 1.82) is 0 Å². The summed E-state index contributed by atoms with van der Waals surface area (Å²) in [6.07, 6.45) is 0.912. The van der Waals surface area contributed by atoms with Crippen molar-refractivity contribution >= 4 is 18.0 Å². The molecule has 1 rings (SSSR count). The van der Waals surface area contributed by atoms with Gasteiger partial charge in [0.2, 0.25) is 0 Å². The summed E-state index contributed by atoms with van der Waals surface area (Å²) in [5.41, 5.74) is 0.952. The number of hydrogen-bond acceptors (Lipinski definition) is 8. The molecule has 29 heavy (non-hydrogen) atoms. The van der Waals surface area contributed by atoms with Crippen LogP contribution in [0.2, 0.25) is 0 Å². The second-order valence-corrected chi connectivity index (χ2v) is 5.63. The predicted molar refractivity (Wildman–Crippen MR) is 103 cm³/mol. The summed E-state index contributed by atoms with van der Waals surface area (Å²) >= 11 is 0. The Morgan fingerprint density at radius 1 is 0.966 bits per heavy atom. The van der Waals surface area contributed by atoms with Gasteiger partial charge in [0, 0.05) is 18.6 Å². The van der Waals surface area contributed by atoms with E-state index in [4.69, 9.17) is 14.2 Å². The van der Waals surface area contributed by atoms with E-state index in [9.17, 15) is 19.5 Å². The van der Waals surface area contributed by atoms with Crippen molar-refractivity contribution in [2.24, 2.45) is 0 Å². The topological polar surface area (TPSA) is 120 Å². The van der Waals surface area contributed by atoms with Crippen molar-refractivity contribution in [3.8, 4) is 5.75 Å². The van der Waals surface area contributed by atoms with Gasteiger partial charge < -0.3 is 29.4 Å². The van der Waals surface area contributed by atoms with Crippen LogP contribution in [0.15, 0.2) is 49.6 Å². The van der Waals surface area contributed by atoms with Gasteiger partial charge in [0.25, 0.3) is 0 Å². The first-order valence-electron chi connectivity index (χ1n) is 8.83. The summed E-state index contributed by atoms with van der Waals surface area (Å²) in [5.74, 6) is -0.521. The molecule has 0 heterocycles. The van der Waals surface area contributed by atoms with Crippen molar-refractivity contribution in [3.63, 3.8) is 0 Å². The Bertz CT molecular complexity index is 686. The molecule has 0 saturated carbocycles. The molecule has 158 valence electrons. The first kappa shape index (κ1) is 23.7. The molecular formula is C20H25NO8. The normalized spacial score (nSPS) is 10.9. The van der Waals surface area contributed by atoms with E-state index in [0.717, 1.165) is 17.7 Å². The number of benzene rings is 1. The number of rotatable bonds is 13. The number of carbonyl (C=O) groups is 3. The van der Waals surface area contributed by atoms with E-state index in [1.807, 2.05) is 12.1 Å². The highest BCUT2D eigenvalue weighted by Gasteiger charge is 2.10. The van der Waals surface area contributed by atoms with Gasteiger partial charge in [-0.3, -0.25) is 0 Å². The van der Waals surface area contributed by atoms with Crippen molar-refractivity contribution in [2.45, 2.75) is 12.5 Å². The molecule has 1 unspecified atom stereocenters. The third kappa shape index (κ3) is 11.2. The first-order valence-corrected chi connectivity index (χ1v) is 8.83. The van der Waals surface area contributed by atoms with E-state index in [2.05, 4.69) is 23.2 Å². The second kappa shape index (κ2) is 13.8. The molecule has 9 heteroatoms. The number of amides is 1. The summed E-state index contributed by atoms with van der Waals surface area (Å²) in [4.78, 5) is 33.2. The Hall–Kier alpha value is -3.33. The average molecular weight is 407 g/mol. The number of ether oxygens (including phenoxy) is 4. The van der Waals surface area contributed by atoms with Crippen LogP contribution in [0.5, 0.6) is 5.75 Å². The molecule has 1 aromatic rings. The Balaban J connectivity index is 2.18. The summed E-state index contributed by atoms with van der Waals surface area (Å²) in [6, 6.07) is 7.06. The minimum Gasteiger partial charge on any atom is -0.491 e. The van der Waals surface area contributed by atoms with Crippen molar-refractivity contribution < 1.29 is 38.4 Å². The summed E-state index contributed by atoms with van der Waals surface area (Å²) < 4.78 is 19.8. The van der Waals surface area contributed by atoms with Gasteiger partial charge >= 0.3 is 18.0 Å². The Morgan fingerprint density at radius 2 is 1.59 bits per heavy atom. The molecule has 0 aliphatic heterocycles. The lowest BCUT2D eigenvalue weighted by atomic mass is 10.1. The number of aliphatic hydroxyl groups excluding tert-OH is 1. The zero-order valence-electron chi connectivity index (χ0n) is 16.0. The van der Waals surface area contributed by atoms with Gasteiger partial charge in [-0.1, -0.05) is 25.3 Å². The van der Waals surface area contributed by atoms with Crippen LogP contribution in [0.1, 0.15) is 5.56 Å². The number of esters is 2. The van der Waals surface area contributed by atoms with Crippen LogP contribution in [0.3, 0.4) is 0 Å². The maximum atomic E-state index is 11.4. The standard InChI is InChI=1S/C20H25NO8/c1-3-18(23)26-11-9-15-5-7-17(8-6-15)28-13-16(22)14-29-20(25)21-10-12-27-19(24)4-2/h3-8,16,22H,1-2,9-14H2,(H,21,25). The lowest BCUT2D eigenvalue weighted by Gasteiger charge is -2.13. The van der Waals surface area contributed by atoms with E-state index in [-0.39, 0.29) is 33.0 Å². The van der Waals surface area contributed by atoms with E-state index in [0.29, 0.717) is 12.2 Å². The molecule has 0 aliphatic carbocycles. The third-order valence-corrected chi connectivity index (χ3v) is 3.36. The maximum Gasteiger partial charge on any atom is 0.407 e. The number of hydrogen-bond donors (Lipinski definition) is 2. The molecule has 1 atom stereocenters. The second-order valence-electron chi connectivity index (χ2n) is 5.63. The molecule has 0 fully saturated rings. The fraction of sp³-hybridized carbons (Fsp3) is 0.350. The van der Waals surface area contributed by atoms with Crippen LogP contribution < -0.4 is 10.1 Å². The molecule has 0 saturated heterocycles. The zero-order chi connectivity index (χ0) is 21.5. The van der Waals surface area contributed by atoms with Crippen LogP contribution in [-0.2, 0) is 30.2 Å². The molecule has 2 N–H and O–H groups in total. The van der Waals surface area contributed by atoms with Crippen LogP contribution in [-0.4, -0.2) is 62.2 Å². The molecular weight excluding hydrogens is 382 g/mol. The monoisotopic (exact) mass is 407 g/mol. The smallest absolute Gasteiger partial charge is 0.407 e. The van der Waals surface area contributed by atoms with Crippen LogP contribution >= 0.6 is 0 Å². The number of carbonyl (C=O) groups excluding carboxylic acids is 3. The largest absolute Gasteiger partial charge is 0.491 e. The minimum absolute atomic E-state index is 0.0156. The quantitative estimate of drug-likeness (QED) is 0.216. The van der Waals surface area contributed by atoms with Crippen LogP contribution in [0.4, 0.5) is 4.79 Å². The third-order valence-electron chi connectivity index (χ3n) is 3.36. The SMILES string of the molecule is C=CC(=O)OCCNC(=O)OCC(O)COc1ccc(CCOC(=O)C=C)cc1. The summed E-state index contributed by atoms with van der Waals surface area (Å²) in [6.45, 7) is 6.54. The number of nitrogens with one attached hydrogen (secondary N) is 1. The number of aliphatic hydroxyl groups is 1. The molecule has 0 bridgehead atoms. The average Bonchev–Trinajstić information content (AvgIpc) is 2.74. The molecule has 0 spiro atoms. The summed E-state index contributed by atoms with van der Waals surface area (Å²) in [7, 11) is 0. The van der Waals surface area contributed by atoms with Crippen LogP contribution in [0.25, 0.3) is 0 Å². The highest BCUT2D eigenvalue weighted by molar-refractivity contribution is 5.81. The van der Waals surface area contributed by atoms with Crippen molar-refractivity contribution in [1.82, 2.24) is 5.32 Å². The Morgan fingerprint density at radius 3 is 2.21 bits per heavy atom. The molecule has 0 aliphatic rings. The van der Waals surface area contributed by atoms with E-state index >= 15 is 0 Å². The van der Waals surface area contributed by atoms with Gasteiger partial charge in [0.15, 0.2) is 0 Å². The Labute approximate surface area is 168 Å². The van der Waals surface area contributed by atoms with E-state index in [1.165, 1.54) is 0 Å². The first-order chi connectivity index (χ1) is 13.9. The highest BCUT2D eigenvalue weighted by Crippen LogP contribution is 2.13. The maximum absolute atomic E-state index is 11.4. The zero-order valence-corrected chi connectivity index (χ0v) is 16.0. The van der Waals surface area contributed by atoms with Crippen molar-refractivity contribution in [3.05, 3.63) is 55.1 Å². The van der Waals surface area contributed by atoms with Crippen LogP contribution in [0, 0.1) is 0 Å². The fourth-order valence-electron chi connectivity index (χ4n) is 1.91. The number of alkyl carbamates (subject to hydrolysis) is 1. The molecule has 1 aromatic carbocycles. The summed E-state index contributed by atoms with van der Waals surface area (Å²) in [5, 5.41) is 12.2. The van der Waals surface area contributed by atoms with Gasteiger partial charge in [-0.25, -0.2) is 14.4 Å². The predicted octanol–water partition coefficient (Wildman–Crippen LogP) is 1.15. The molecule has 0 radical (unpaired) electrons. The van der Waals surface area contributed by atoms with E-state index < -0.39 is 24.1 Å². The van der Waals surface area contributed by atoms with Gasteiger partial charge in [-0.05, 0) is 17.7 Å². The van der Waals surface area contributed by atoms with Gasteiger partial charge in [0.05, 0.1) is 13.2 Å². The van der Waals surface area contributed by atoms with Gasteiger partial charge in [-0.2, -0.15) is 0 Å². The van der Waals surface area contributed by atoms with Gasteiger partial charge in [0.1, 0.15) is 31.7 Å². The molecule has 9 nitrogen and oxygen atoms in total. The van der Waals surface area contributed by atoms with Crippen molar-refractivity contribution in [2.75, 3.05) is 33.0 Å².